The molecule has 0 spiro atoms. The van der Waals surface area contributed by atoms with E-state index in [2.05, 4.69) is 10.2 Å². The number of nitrogens with zero attached hydrogens (tertiary/aromatic N) is 1. The molecule has 0 aliphatic carbocycles. The molecule has 1 atom stereocenters. The lowest BCUT2D eigenvalue weighted by molar-refractivity contribution is -0.118. The van der Waals surface area contributed by atoms with Gasteiger partial charge in [-0.3, -0.25) is 9.69 Å². The van der Waals surface area contributed by atoms with Gasteiger partial charge in [0, 0.05) is 11.7 Å². The number of rotatable bonds is 4. The van der Waals surface area contributed by atoms with Crippen LogP contribution in [0.15, 0.2) is 24.3 Å². The first-order valence-electron chi connectivity index (χ1n) is 7.41. The number of benzene rings is 1. The lowest BCUT2D eigenvalue weighted by Crippen LogP contribution is -2.42. The molecular formula is C16H24N2O2. The molecule has 1 heterocycles. The van der Waals surface area contributed by atoms with Gasteiger partial charge in [0.2, 0.25) is 5.91 Å². The smallest absolute Gasteiger partial charge is 0.238 e. The largest absolute Gasteiger partial charge is 0.395 e. The van der Waals surface area contributed by atoms with Gasteiger partial charge < -0.3 is 10.4 Å². The average molecular weight is 276 g/mol. The number of carbonyl (C=O) groups is 1. The Labute approximate surface area is 120 Å². The van der Waals surface area contributed by atoms with Crippen molar-refractivity contribution in [2.24, 2.45) is 0 Å². The Hall–Kier alpha value is -1.39. The number of carbonyl (C=O) groups excluding carboxylic acids is 1. The van der Waals surface area contributed by atoms with Gasteiger partial charge >= 0.3 is 0 Å². The van der Waals surface area contributed by atoms with Crippen LogP contribution in [-0.4, -0.2) is 41.7 Å². The maximum absolute atomic E-state index is 12.2. The Bertz CT molecular complexity index is 448. The average Bonchev–Trinajstić information content (AvgIpc) is 2.66. The molecule has 0 bridgehead atoms. The summed E-state index contributed by atoms with van der Waals surface area (Å²) in [7, 11) is 0. The SMILES string of the molecule is Cc1ccccc1NC(=O)CN1CCCCCC1CO. The van der Waals surface area contributed by atoms with E-state index in [1.165, 1.54) is 6.42 Å². The molecule has 2 rings (SSSR count). The first-order chi connectivity index (χ1) is 9.70. The molecule has 1 saturated heterocycles. The van der Waals surface area contributed by atoms with E-state index >= 15 is 0 Å². The van der Waals surface area contributed by atoms with Crippen molar-refractivity contribution in [3.05, 3.63) is 29.8 Å². The van der Waals surface area contributed by atoms with Crippen LogP contribution < -0.4 is 5.32 Å². The minimum Gasteiger partial charge on any atom is -0.395 e. The molecule has 1 aromatic rings. The second-order valence-corrected chi connectivity index (χ2v) is 5.52. The maximum Gasteiger partial charge on any atom is 0.238 e. The highest BCUT2D eigenvalue weighted by molar-refractivity contribution is 5.92. The van der Waals surface area contributed by atoms with Gasteiger partial charge in [0.05, 0.1) is 13.2 Å². The minimum absolute atomic E-state index is 0.000324. The number of hydrogen-bond donors (Lipinski definition) is 2. The molecule has 0 radical (unpaired) electrons. The summed E-state index contributed by atoms with van der Waals surface area (Å²) in [6.07, 6.45) is 4.41. The van der Waals surface area contributed by atoms with Gasteiger partial charge in [-0.15, -0.1) is 0 Å². The van der Waals surface area contributed by atoms with E-state index in [0.717, 1.165) is 37.1 Å². The fraction of sp³-hybridized carbons (Fsp3) is 0.562. The Morgan fingerprint density at radius 1 is 1.35 bits per heavy atom. The molecule has 20 heavy (non-hydrogen) atoms. The molecular weight excluding hydrogens is 252 g/mol. The highest BCUT2D eigenvalue weighted by Crippen LogP contribution is 2.17. The first kappa shape index (κ1) is 15.0. The summed E-state index contributed by atoms with van der Waals surface area (Å²) in [5.41, 5.74) is 1.93. The molecule has 0 saturated carbocycles. The Balaban J connectivity index is 1.94. The number of amides is 1. The molecule has 0 aromatic heterocycles. The molecule has 1 aliphatic heterocycles. The molecule has 1 amide bonds. The van der Waals surface area contributed by atoms with Crippen molar-refractivity contribution in [3.63, 3.8) is 0 Å². The van der Waals surface area contributed by atoms with Crippen LogP contribution in [0, 0.1) is 6.92 Å². The van der Waals surface area contributed by atoms with Crippen molar-refractivity contribution in [2.45, 2.75) is 38.6 Å². The van der Waals surface area contributed by atoms with Crippen LogP contribution in [0.5, 0.6) is 0 Å². The van der Waals surface area contributed by atoms with Crippen molar-refractivity contribution in [2.75, 3.05) is 25.0 Å². The van der Waals surface area contributed by atoms with E-state index in [0.29, 0.717) is 6.54 Å². The standard InChI is InChI=1S/C16H24N2O2/c1-13-7-4-5-9-15(13)17-16(20)11-18-10-6-2-3-8-14(18)12-19/h4-5,7,9,14,19H,2-3,6,8,10-12H2,1H3,(H,17,20). The number of likely N-dealkylation sites (tertiary alicyclic amines) is 1. The summed E-state index contributed by atoms with van der Waals surface area (Å²) in [5.74, 6) is -0.000324. The van der Waals surface area contributed by atoms with Crippen molar-refractivity contribution in [1.29, 1.82) is 0 Å². The molecule has 1 aromatic carbocycles. The third-order valence-corrected chi connectivity index (χ3v) is 3.98. The van der Waals surface area contributed by atoms with Gasteiger partial charge in [-0.05, 0) is 37.9 Å². The molecule has 1 unspecified atom stereocenters. The van der Waals surface area contributed by atoms with Crippen molar-refractivity contribution in [1.82, 2.24) is 4.90 Å². The molecule has 1 aliphatic rings. The van der Waals surface area contributed by atoms with Crippen LogP contribution in [0.1, 0.15) is 31.2 Å². The number of para-hydroxylation sites is 1. The second-order valence-electron chi connectivity index (χ2n) is 5.52. The number of hydrogen-bond acceptors (Lipinski definition) is 3. The molecule has 1 fully saturated rings. The maximum atomic E-state index is 12.2. The van der Waals surface area contributed by atoms with E-state index < -0.39 is 0 Å². The van der Waals surface area contributed by atoms with Gasteiger partial charge in [-0.1, -0.05) is 31.0 Å². The second kappa shape index (κ2) is 7.41. The Morgan fingerprint density at radius 3 is 2.90 bits per heavy atom. The van der Waals surface area contributed by atoms with E-state index in [4.69, 9.17) is 0 Å². The van der Waals surface area contributed by atoms with E-state index in [1.54, 1.807) is 0 Å². The van der Waals surface area contributed by atoms with Crippen molar-refractivity contribution >= 4 is 11.6 Å². The van der Waals surface area contributed by atoms with Crippen LogP contribution in [0.3, 0.4) is 0 Å². The monoisotopic (exact) mass is 276 g/mol. The van der Waals surface area contributed by atoms with Crippen LogP contribution >= 0.6 is 0 Å². The number of nitrogens with one attached hydrogen (secondary N) is 1. The van der Waals surface area contributed by atoms with Crippen LogP contribution in [0.4, 0.5) is 5.69 Å². The molecule has 2 N–H and O–H groups in total. The highest BCUT2D eigenvalue weighted by Gasteiger charge is 2.22. The number of aryl methyl sites for hydroxylation is 1. The minimum atomic E-state index is -0.000324. The third-order valence-electron chi connectivity index (χ3n) is 3.98. The summed E-state index contributed by atoms with van der Waals surface area (Å²) < 4.78 is 0. The van der Waals surface area contributed by atoms with E-state index in [-0.39, 0.29) is 18.6 Å². The quantitative estimate of drug-likeness (QED) is 0.886. The fourth-order valence-electron chi connectivity index (χ4n) is 2.74. The normalized spacial score (nSPS) is 20.4. The summed E-state index contributed by atoms with van der Waals surface area (Å²) in [6.45, 7) is 3.38. The summed E-state index contributed by atoms with van der Waals surface area (Å²) in [4.78, 5) is 14.3. The lowest BCUT2D eigenvalue weighted by atomic mass is 10.1. The van der Waals surface area contributed by atoms with Gasteiger partial charge in [0.15, 0.2) is 0 Å². The summed E-state index contributed by atoms with van der Waals surface area (Å²) >= 11 is 0. The van der Waals surface area contributed by atoms with Crippen molar-refractivity contribution in [3.8, 4) is 0 Å². The topological polar surface area (TPSA) is 52.6 Å². The van der Waals surface area contributed by atoms with Crippen LogP contribution in [-0.2, 0) is 4.79 Å². The Morgan fingerprint density at radius 2 is 2.15 bits per heavy atom. The Kier molecular flexibility index (Phi) is 5.56. The van der Waals surface area contributed by atoms with E-state index in [1.807, 2.05) is 31.2 Å². The molecule has 4 nitrogen and oxygen atoms in total. The molecule has 110 valence electrons. The highest BCUT2D eigenvalue weighted by atomic mass is 16.3. The van der Waals surface area contributed by atoms with Crippen LogP contribution in [0.2, 0.25) is 0 Å². The molecule has 4 heteroatoms. The predicted molar refractivity (Wildman–Crippen MR) is 80.7 cm³/mol. The number of aliphatic hydroxyl groups is 1. The third kappa shape index (κ3) is 4.05. The zero-order valence-corrected chi connectivity index (χ0v) is 12.1. The fourth-order valence-corrected chi connectivity index (χ4v) is 2.74. The van der Waals surface area contributed by atoms with Gasteiger partial charge in [-0.2, -0.15) is 0 Å². The summed E-state index contributed by atoms with van der Waals surface area (Å²) in [6, 6.07) is 7.91. The number of anilines is 1. The zero-order valence-electron chi connectivity index (χ0n) is 12.1. The van der Waals surface area contributed by atoms with Crippen LogP contribution in [0.25, 0.3) is 0 Å². The number of aliphatic hydroxyl groups excluding tert-OH is 1. The van der Waals surface area contributed by atoms with Crippen molar-refractivity contribution < 1.29 is 9.90 Å². The first-order valence-corrected chi connectivity index (χ1v) is 7.41. The zero-order chi connectivity index (χ0) is 14.4. The lowest BCUT2D eigenvalue weighted by Gasteiger charge is -2.27. The van der Waals surface area contributed by atoms with Gasteiger partial charge in [-0.25, -0.2) is 0 Å². The van der Waals surface area contributed by atoms with E-state index in [9.17, 15) is 9.90 Å². The summed E-state index contributed by atoms with van der Waals surface area (Å²) in [5, 5.41) is 12.4. The predicted octanol–water partition coefficient (Wildman–Crippen LogP) is 2.17. The van der Waals surface area contributed by atoms with Gasteiger partial charge in [0.1, 0.15) is 0 Å². The van der Waals surface area contributed by atoms with Gasteiger partial charge in [0.25, 0.3) is 0 Å².